The van der Waals surface area contributed by atoms with Crippen LogP contribution in [0.4, 0.5) is 0 Å². The van der Waals surface area contributed by atoms with Crippen LogP contribution >= 0.6 is 0 Å². The van der Waals surface area contributed by atoms with E-state index in [2.05, 4.69) is 19.9 Å². The number of hydrogen-bond acceptors (Lipinski definition) is 1. The maximum absolute atomic E-state index is 9.99. The standard InChI is InChI=1S/C11H20O/c1-8(2)10-6-5-9(3)11(4,12)7-10/h5,8,10,12H,6-7H2,1-4H3/t10-,11?/m0/s1. The molecule has 0 fully saturated rings. The number of allylic oxidation sites excluding steroid dienone is 1. The normalized spacial score (nSPS) is 36.8. The van der Waals surface area contributed by atoms with Crippen molar-refractivity contribution in [2.75, 3.05) is 0 Å². The molecule has 0 aromatic carbocycles. The lowest BCUT2D eigenvalue weighted by Crippen LogP contribution is -2.33. The molecule has 0 saturated heterocycles. The maximum Gasteiger partial charge on any atom is 0.0828 e. The van der Waals surface area contributed by atoms with Crippen LogP contribution in [0.5, 0.6) is 0 Å². The first-order valence-corrected chi connectivity index (χ1v) is 4.83. The molecule has 1 aliphatic rings. The van der Waals surface area contributed by atoms with Gasteiger partial charge >= 0.3 is 0 Å². The summed E-state index contributed by atoms with van der Waals surface area (Å²) in [6, 6.07) is 0. The Morgan fingerprint density at radius 2 is 2.17 bits per heavy atom. The van der Waals surface area contributed by atoms with Gasteiger partial charge in [-0.1, -0.05) is 19.9 Å². The molecule has 1 nitrogen and oxygen atoms in total. The quantitative estimate of drug-likeness (QED) is 0.597. The monoisotopic (exact) mass is 168 g/mol. The molecule has 70 valence electrons. The fourth-order valence-electron chi connectivity index (χ4n) is 1.81. The van der Waals surface area contributed by atoms with Crippen molar-refractivity contribution in [1.29, 1.82) is 0 Å². The van der Waals surface area contributed by atoms with Crippen LogP contribution in [0.1, 0.15) is 40.5 Å². The number of aliphatic hydroxyl groups is 1. The van der Waals surface area contributed by atoms with Gasteiger partial charge in [-0.05, 0) is 44.1 Å². The smallest absolute Gasteiger partial charge is 0.0828 e. The number of rotatable bonds is 1. The van der Waals surface area contributed by atoms with E-state index in [0.717, 1.165) is 18.4 Å². The van der Waals surface area contributed by atoms with Gasteiger partial charge in [-0.25, -0.2) is 0 Å². The highest BCUT2D eigenvalue weighted by Gasteiger charge is 2.31. The predicted octanol–water partition coefficient (Wildman–Crippen LogP) is 2.75. The number of hydrogen-bond donors (Lipinski definition) is 1. The Balaban J connectivity index is 2.72. The van der Waals surface area contributed by atoms with E-state index in [4.69, 9.17) is 0 Å². The highest BCUT2D eigenvalue weighted by atomic mass is 16.3. The van der Waals surface area contributed by atoms with Gasteiger partial charge in [0.2, 0.25) is 0 Å². The summed E-state index contributed by atoms with van der Waals surface area (Å²) in [5.74, 6) is 1.34. The van der Waals surface area contributed by atoms with E-state index in [1.807, 2.05) is 13.8 Å². The van der Waals surface area contributed by atoms with Crippen molar-refractivity contribution in [2.45, 2.75) is 46.1 Å². The van der Waals surface area contributed by atoms with Gasteiger partial charge < -0.3 is 5.11 Å². The van der Waals surface area contributed by atoms with E-state index in [1.165, 1.54) is 0 Å². The first-order chi connectivity index (χ1) is 5.43. The van der Waals surface area contributed by atoms with E-state index in [0.29, 0.717) is 11.8 Å². The molecule has 0 bridgehead atoms. The molecule has 0 heterocycles. The van der Waals surface area contributed by atoms with E-state index >= 15 is 0 Å². The van der Waals surface area contributed by atoms with Gasteiger partial charge in [-0.3, -0.25) is 0 Å². The van der Waals surface area contributed by atoms with Gasteiger partial charge in [-0.15, -0.1) is 0 Å². The minimum atomic E-state index is -0.548. The highest BCUT2D eigenvalue weighted by molar-refractivity contribution is 5.16. The lowest BCUT2D eigenvalue weighted by atomic mass is 9.75. The molecule has 0 saturated carbocycles. The maximum atomic E-state index is 9.99. The summed E-state index contributed by atoms with van der Waals surface area (Å²) in [4.78, 5) is 0. The zero-order chi connectivity index (χ0) is 9.35. The van der Waals surface area contributed by atoms with Crippen molar-refractivity contribution >= 4 is 0 Å². The molecular formula is C11H20O. The van der Waals surface area contributed by atoms with Crippen LogP contribution in [-0.2, 0) is 0 Å². The molecule has 0 aliphatic heterocycles. The summed E-state index contributed by atoms with van der Waals surface area (Å²) in [6.45, 7) is 8.41. The summed E-state index contributed by atoms with van der Waals surface area (Å²) in [5.41, 5.74) is 0.590. The van der Waals surface area contributed by atoms with Gasteiger partial charge in [0.15, 0.2) is 0 Å². The second-order valence-electron chi connectivity index (χ2n) is 4.60. The van der Waals surface area contributed by atoms with Crippen molar-refractivity contribution < 1.29 is 5.11 Å². The van der Waals surface area contributed by atoms with E-state index in [9.17, 15) is 5.11 Å². The van der Waals surface area contributed by atoms with Crippen molar-refractivity contribution in [3.8, 4) is 0 Å². The molecule has 12 heavy (non-hydrogen) atoms. The van der Waals surface area contributed by atoms with Crippen molar-refractivity contribution in [1.82, 2.24) is 0 Å². The summed E-state index contributed by atoms with van der Waals surface area (Å²) in [7, 11) is 0. The van der Waals surface area contributed by atoms with Crippen molar-refractivity contribution in [3.63, 3.8) is 0 Å². The molecule has 2 atom stereocenters. The molecule has 0 aromatic rings. The summed E-state index contributed by atoms with van der Waals surface area (Å²) in [5, 5.41) is 9.99. The molecule has 0 radical (unpaired) electrons. The van der Waals surface area contributed by atoms with Crippen LogP contribution in [0.25, 0.3) is 0 Å². The average Bonchev–Trinajstić information content (AvgIpc) is 1.94. The summed E-state index contributed by atoms with van der Waals surface area (Å²) >= 11 is 0. The lowest BCUT2D eigenvalue weighted by molar-refractivity contribution is 0.0526. The Kier molecular flexibility index (Phi) is 2.62. The fourth-order valence-corrected chi connectivity index (χ4v) is 1.81. The summed E-state index contributed by atoms with van der Waals surface area (Å²) < 4.78 is 0. The zero-order valence-electron chi connectivity index (χ0n) is 8.59. The van der Waals surface area contributed by atoms with Crippen LogP contribution in [0, 0.1) is 11.8 Å². The molecule has 0 spiro atoms. The van der Waals surface area contributed by atoms with Crippen LogP contribution in [-0.4, -0.2) is 10.7 Å². The van der Waals surface area contributed by atoms with Crippen molar-refractivity contribution in [3.05, 3.63) is 11.6 Å². The topological polar surface area (TPSA) is 20.2 Å². The third-order valence-electron chi connectivity index (χ3n) is 3.18. The molecule has 0 aromatic heterocycles. The molecule has 1 aliphatic carbocycles. The van der Waals surface area contributed by atoms with Gasteiger partial charge in [0.05, 0.1) is 5.60 Å². The average molecular weight is 168 g/mol. The van der Waals surface area contributed by atoms with Gasteiger partial charge in [0.1, 0.15) is 0 Å². The Morgan fingerprint density at radius 3 is 2.58 bits per heavy atom. The highest BCUT2D eigenvalue weighted by Crippen LogP contribution is 2.35. The Labute approximate surface area is 75.5 Å². The van der Waals surface area contributed by atoms with Gasteiger partial charge in [-0.2, -0.15) is 0 Å². The van der Waals surface area contributed by atoms with Crippen LogP contribution in [0.15, 0.2) is 11.6 Å². The second-order valence-corrected chi connectivity index (χ2v) is 4.60. The molecule has 0 amide bonds. The molecule has 1 heteroatoms. The Morgan fingerprint density at radius 1 is 1.58 bits per heavy atom. The largest absolute Gasteiger partial charge is 0.386 e. The minimum Gasteiger partial charge on any atom is -0.386 e. The van der Waals surface area contributed by atoms with Crippen LogP contribution in [0.2, 0.25) is 0 Å². The Hall–Kier alpha value is -0.300. The first-order valence-electron chi connectivity index (χ1n) is 4.83. The van der Waals surface area contributed by atoms with E-state index in [-0.39, 0.29) is 0 Å². The lowest BCUT2D eigenvalue weighted by Gasteiger charge is -2.35. The van der Waals surface area contributed by atoms with Crippen molar-refractivity contribution in [2.24, 2.45) is 11.8 Å². The SMILES string of the molecule is CC1=CC[C@H](C(C)C)CC1(C)O. The summed E-state index contributed by atoms with van der Waals surface area (Å²) in [6.07, 6.45) is 4.25. The fraction of sp³-hybridized carbons (Fsp3) is 0.818. The third-order valence-corrected chi connectivity index (χ3v) is 3.18. The molecular weight excluding hydrogens is 148 g/mol. The van der Waals surface area contributed by atoms with Crippen LogP contribution in [0.3, 0.4) is 0 Å². The minimum absolute atomic E-state index is 0.548. The Bertz CT molecular complexity index is 189. The molecule has 1 rings (SSSR count). The second kappa shape index (κ2) is 3.21. The van der Waals surface area contributed by atoms with E-state index in [1.54, 1.807) is 0 Å². The molecule has 1 N–H and O–H groups in total. The molecule has 1 unspecified atom stereocenters. The first kappa shape index (κ1) is 9.79. The van der Waals surface area contributed by atoms with Gasteiger partial charge in [0.25, 0.3) is 0 Å². The third kappa shape index (κ3) is 1.89. The predicted molar refractivity (Wildman–Crippen MR) is 51.9 cm³/mol. The van der Waals surface area contributed by atoms with Gasteiger partial charge in [0, 0.05) is 0 Å². The zero-order valence-corrected chi connectivity index (χ0v) is 8.59. The van der Waals surface area contributed by atoms with E-state index < -0.39 is 5.60 Å². The van der Waals surface area contributed by atoms with Crippen LogP contribution < -0.4 is 0 Å².